The summed E-state index contributed by atoms with van der Waals surface area (Å²) in [6.45, 7) is 2.00. The van der Waals surface area contributed by atoms with E-state index in [-0.39, 0.29) is 5.91 Å². The maximum atomic E-state index is 11.8. The summed E-state index contributed by atoms with van der Waals surface area (Å²) >= 11 is 1.35. The summed E-state index contributed by atoms with van der Waals surface area (Å²) in [5.74, 6) is 1.16. The smallest absolute Gasteiger partial charge is 0.225 e. The molecule has 2 aromatic rings. The summed E-state index contributed by atoms with van der Waals surface area (Å²) < 4.78 is 0. The molecule has 0 saturated heterocycles. The van der Waals surface area contributed by atoms with Gasteiger partial charge < -0.3 is 16.8 Å². The highest BCUT2D eigenvalue weighted by Crippen LogP contribution is 2.17. The molecule has 6 nitrogen and oxygen atoms in total. The van der Waals surface area contributed by atoms with Crippen LogP contribution in [0.2, 0.25) is 0 Å². The Hall–Kier alpha value is -2.28. The van der Waals surface area contributed by atoms with E-state index < -0.39 is 0 Å². The van der Waals surface area contributed by atoms with E-state index in [0.29, 0.717) is 29.0 Å². The summed E-state index contributed by atoms with van der Waals surface area (Å²) in [6, 6.07) is 9.15. The summed E-state index contributed by atoms with van der Waals surface area (Å²) in [5.41, 5.74) is 13.1. The zero-order valence-corrected chi connectivity index (χ0v) is 12.5. The molecular weight excluding hydrogens is 286 g/mol. The van der Waals surface area contributed by atoms with Gasteiger partial charge in [0.05, 0.1) is 0 Å². The van der Waals surface area contributed by atoms with Gasteiger partial charge in [-0.2, -0.15) is 0 Å². The van der Waals surface area contributed by atoms with Gasteiger partial charge >= 0.3 is 0 Å². The molecule has 1 heterocycles. The molecule has 0 saturated carbocycles. The molecule has 0 aliphatic carbocycles. The number of anilines is 3. The molecule has 2 rings (SSSR count). The molecule has 1 amide bonds. The number of hydrogen-bond donors (Lipinski definition) is 3. The number of carbonyl (C=O) groups is 1. The molecule has 0 bridgehead atoms. The zero-order valence-electron chi connectivity index (χ0n) is 11.7. The van der Waals surface area contributed by atoms with E-state index in [1.807, 2.05) is 31.2 Å². The van der Waals surface area contributed by atoms with Crippen molar-refractivity contribution in [1.29, 1.82) is 0 Å². The number of thioether (sulfide) groups is 1. The Morgan fingerprint density at radius 3 is 2.43 bits per heavy atom. The first-order valence-electron chi connectivity index (χ1n) is 6.42. The highest BCUT2D eigenvalue weighted by molar-refractivity contribution is 7.99. The minimum absolute atomic E-state index is 0.0526. The molecule has 0 aliphatic rings. The third-order valence-electron chi connectivity index (χ3n) is 2.64. The Balaban J connectivity index is 1.80. The Labute approximate surface area is 127 Å². The number of rotatable bonds is 5. The molecule has 0 aliphatic heterocycles. The molecule has 1 aromatic heterocycles. The monoisotopic (exact) mass is 303 g/mol. The number of nitrogens with one attached hydrogen (secondary N) is 1. The van der Waals surface area contributed by atoms with Crippen molar-refractivity contribution in [2.45, 2.75) is 18.5 Å². The van der Waals surface area contributed by atoms with Crippen molar-refractivity contribution >= 4 is 35.0 Å². The number of nitrogen functional groups attached to an aromatic ring is 2. The first kappa shape index (κ1) is 15.1. The summed E-state index contributed by atoms with van der Waals surface area (Å²) in [4.78, 5) is 19.9. The Kier molecular flexibility index (Phi) is 4.99. The third kappa shape index (κ3) is 4.96. The highest BCUT2D eigenvalue weighted by Gasteiger charge is 2.05. The van der Waals surface area contributed by atoms with Gasteiger partial charge in [0, 0.05) is 23.9 Å². The predicted molar refractivity (Wildman–Crippen MR) is 86.0 cm³/mol. The lowest BCUT2D eigenvalue weighted by molar-refractivity contribution is -0.115. The van der Waals surface area contributed by atoms with Gasteiger partial charge in [-0.15, -0.1) is 0 Å². The van der Waals surface area contributed by atoms with Crippen LogP contribution >= 0.6 is 11.8 Å². The SMILES string of the molecule is Cc1ccc(NC(=O)CCSc2nc(N)cc(N)n2)cc1. The summed E-state index contributed by atoms with van der Waals surface area (Å²) in [5, 5.41) is 3.32. The van der Waals surface area contributed by atoms with E-state index in [9.17, 15) is 4.79 Å². The van der Waals surface area contributed by atoms with Crippen molar-refractivity contribution in [2.75, 3.05) is 22.5 Å². The quantitative estimate of drug-likeness (QED) is 0.576. The summed E-state index contributed by atoms with van der Waals surface area (Å²) in [6.07, 6.45) is 0.358. The number of benzene rings is 1. The number of nitrogens with zero attached hydrogens (tertiary/aromatic N) is 2. The Morgan fingerprint density at radius 1 is 1.19 bits per heavy atom. The van der Waals surface area contributed by atoms with Gasteiger partial charge in [0.15, 0.2) is 5.16 Å². The van der Waals surface area contributed by atoms with E-state index in [0.717, 1.165) is 11.3 Å². The van der Waals surface area contributed by atoms with E-state index in [4.69, 9.17) is 11.5 Å². The van der Waals surface area contributed by atoms with Crippen molar-refractivity contribution in [2.24, 2.45) is 0 Å². The molecular formula is C14H17N5OS. The van der Waals surface area contributed by atoms with Gasteiger partial charge in [0.2, 0.25) is 5.91 Å². The van der Waals surface area contributed by atoms with Crippen molar-refractivity contribution in [3.63, 3.8) is 0 Å². The molecule has 5 N–H and O–H groups in total. The lowest BCUT2D eigenvalue weighted by Crippen LogP contribution is -2.12. The van der Waals surface area contributed by atoms with Gasteiger partial charge in [0.1, 0.15) is 11.6 Å². The number of amides is 1. The molecule has 21 heavy (non-hydrogen) atoms. The van der Waals surface area contributed by atoms with Gasteiger partial charge in [-0.05, 0) is 19.1 Å². The average Bonchev–Trinajstić information content (AvgIpc) is 2.40. The fourth-order valence-corrected chi connectivity index (χ4v) is 2.43. The minimum atomic E-state index is -0.0526. The third-order valence-corrected chi connectivity index (χ3v) is 3.49. The maximum absolute atomic E-state index is 11.8. The van der Waals surface area contributed by atoms with E-state index >= 15 is 0 Å². The van der Waals surface area contributed by atoms with E-state index in [1.54, 1.807) is 0 Å². The molecule has 1 aromatic carbocycles. The fourth-order valence-electron chi connectivity index (χ4n) is 1.62. The van der Waals surface area contributed by atoms with Gasteiger partial charge in [-0.25, -0.2) is 9.97 Å². The van der Waals surface area contributed by atoms with E-state index in [2.05, 4.69) is 15.3 Å². The molecule has 0 unspecified atom stereocenters. The van der Waals surface area contributed by atoms with Crippen molar-refractivity contribution in [3.05, 3.63) is 35.9 Å². The highest BCUT2D eigenvalue weighted by atomic mass is 32.2. The van der Waals surface area contributed by atoms with Crippen LogP contribution in [0.5, 0.6) is 0 Å². The van der Waals surface area contributed by atoms with Crippen LogP contribution in [-0.4, -0.2) is 21.6 Å². The molecule has 110 valence electrons. The second kappa shape index (κ2) is 6.94. The number of aromatic nitrogens is 2. The second-order valence-electron chi connectivity index (χ2n) is 4.51. The predicted octanol–water partition coefficient (Wildman–Crippen LogP) is 2.07. The lowest BCUT2D eigenvalue weighted by atomic mass is 10.2. The number of carbonyl (C=O) groups excluding carboxylic acids is 1. The van der Waals surface area contributed by atoms with Crippen LogP contribution in [0.15, 0.2) is 35.5 Å². The Bertz CT molecular complexity index is 610. The van der Waals surface area contributed by atoms with Crippen LogP contribution < -0.4 is 16.8 Å². The van der Waals surface area contributed by atoms with Crippen LogP contribution in [0, 0.1) is 6.92 Å². The van der Waals surface area contributed by atoms with Crippen LogP contribution in [0.4, 0.5) is 17.3 Å². The van der Waals surface area contributed by atoms with Gasteiger partial charge in [0.25, 0.3) is 0 Å². The first-order chi connectivity index (χ1) is 10.0. The normalized spacial score (nSPS) is 10.3. The van der Waals surface area contributed by atoms with Crippen molar-refractivity contribution in [1.82, 2.24) is 9.97 Å². The zero-order chi connectivity index (χ0) is 15.2. The standard InChI is InChI=1S/C14H17N5OS/c1-9-2-4-10(5-3-9)17-13(20)6-7-21-14-18-11(15)8-12(16)19-14/h2-5,8H,6-7H2,1H3,(H,17,20)(H4,15,16,18,19). The Morgan fingerprint density at radius 2 is 1.81 bits per heavy atom. The van der Waals surface area contributed by atoms with E-state index in [1.165, 1.54) is 17.8 Å². The van der Waals surface area contributed by atoms with Crippen LogP contribution in [0.3, 0.4) is 0 Å². The number of aryl methyl sites for hydroxylation is 1. The molecule has 0 fully saturated rings. The maximum Gasteiger partial charge on any atom is 0.225 e. The fraction of sp³-hybridized carbons (Fsp3) is 0.214. The molecule has 0 radical (unpaired) electrons. The van der Waals surface area contributed by atoms with Crippen molar-refractivity contribution in [3.8, 4) is 0 Å². The van der Waals surface area contributed by atoms with Gasteiger partial charge in [-0.3, -0.25) is 4.79 Å². The van der Waals surface area contributed by atoms with Crippen LogP contribution in [0.25, 0.3) is 0 Å². The molecule has 0 atom stereocenters. The largest absolute Gasteiger partial charge is 0.383 e. The number of nitrogens with two attached hydrogens (primary N) is 2. The van der Waals surface area contributed by atoms with Crippen LogP contribution in [-0.2, 0) is 4.79 Å². The minimum Gasteiger partial charge on any atom is -0.383 e. The summed E-state index contributed by atoms with van der Waals surface area (Å²) in [7, 11) is 0. The van der Waals surface area contributed by atoms with Gasteiger partial charge in [-0.1, -0.05) is 29.5 Å². The average molecular weight is 303 g/mol. The topological polar surface area (TPSA) is 107 Å². The lowest BCUT2D eigenvalue weighted by Gasteiger charge is -2.05. The molecule has 7 heteroatoms. The molecule has 0 spiro atoms. The second-order valence-corrected chi connectivity index (χ2v) is 5.57. The van der Waals surface area contributed by atoms with Crippen molar-refractivity contribution < 1.29 is 4.79 Å². The number of hydrogen-bond acceptors (Lipinski definition) is 6. The first-order valence-corrected chi connectivity index (χ1v) is 7.41. The van der Waals surface area contributed by atoms with Crippen LogP contribution in [0.1, 0.15) is 12.0 Å².